The van der Waals surface area contributed by atoms with Gasteiger partial charge in [0.25, 0.3) is 0 Å². The van der Waals surface area contributed by atoms with E-state index in [0.29, 0.717) is 44.3 Å². The number of amides is 3. The molecule has 166 valence electrons. The molecule has 0 saturated carbocycles. The minimum absolute atomic E-state index is 0.0540. The van der Waals surface area contributed by atoms with Crippen LogP contribution in [0.2, 0.25) is 0 Å². The van der Waals surface area contributed by atoms with Crippen LogP contribution in [0.4, 0.5) is 0 Å². The number of nitrogens with two attached hydrogens (primary N) is 1. The van der Waals surface area contributed by atoms with Crippen LogP contribution in [0.1, 0.15) is 66.7 Å². The second kappa shape index (κ2) is 9.92. The number of carbonyl (C=O) groups excluding carboxylic acids is 3. The maximum Gasteiger partial charge on any atom is 0.245 e. The normalized spacial score (nSPS) is 23.6. The molecule has 0 aromatic carbocycles. The standard InChI is InChI=1S/C22H40N4O3/c1-15(2)12-17-20(28)26(11-8-24-17)18(13-16(3)4)21(29)25-9-6-22(5,7-10-25)14-19(23)27/h15-18,24H,6-14H2,1-5H3,(H2,23,27). The first-order valence-electron chi connectivity index (χ1n) is 11.1. The van der Waals surface area contributed by atoms with Crippen LogP contribution >= 0.6 is 0 Å². The highest BCUT2D eigenvalue weighted by Gasteiger charge is 2.40. The quantitative estimate of drug-likeness (QED) is 0.640. The van der Waals surface area contributed by atoms with Gasteiger partial charge in [0.2, 0.25) is 17.7 Å². The lowest BCUT2D eigenvalue weighted by molar-refractivity contribution is -0.151. The van der Waals surface area contributed by atoms with E-state index in [9.17, 15) is 14.4 Å². The molecule has 3 amide bonds. The van der Waals surface area contributed by atoms with Crippen LogP contribution in [0.15, 0.2) is 0 Å². The van der Waals surface area contributed by atoms with Crippen LogP contribution < -0.4 is 11.1 Å². The van der Waals surface area contributed by atoms with Gasteiger partial charge in [0.1, 0.15) is 6.04 Å². The number of primary amides is 1. The molecule has 2 rings (SSSR count). The van der Waals surface area contributed by atoms with Crippen molar-refractivity contribution in [2.75, 3.05) is 26.2 Å². The van der Waals surface area contributed by atoms with Crippen LogP contribution in [0.25, 0.3) is 0 Å². The van der Waals surface area contributed by atoms with Gasteiger partial charge in [0.05, 0.1) is 6.04 Å². The zero-order chi connectivity index (χ0) is 21.8. The summed E-state index contributed by atoms with van der Waals surface area (Å²) in [5, 5.41) is 3.33. The molecular formula is C22H40N4O3. The number of hydrogen-bond donors (Lipinski definition) is 2. The molecule has 2 aliphatic heterocycles. The van der Waals surface area contributed by atoms with Crippen molar-refractivity contribution in [1.29, 1.82) is 0 Å². The van der Waals surface area contributed by atoms with E-state index in [1.807, 2.05) is 9.80 Å². The third-order valence-corrected chi connectivity index (χ3v) is 6.27. The topological polar surface area (TPSA) is 95.7 Å². The van der Waals surface area contributed by atoms with Crippen molar-refractivity contribution in [1.82, 2.24) is 15.1 Å². The Bertz CT molecular complexity index is 597. The maximum absolute atomic E-state index is 13.5. The summed E-state index contributed by atoms with van der Waals surface area (Å²) >= 11 is 0. The predicted octanol–water partition coefficient (Wildman–Crippen LogP) is 1.75. The second-order valence-corrected chi connectivity index (χ2v) is 10.1. The fraction of sp³-hybridized carbons (Fsp3) is 0.864. The fourth-order valence-corrected chi connectivity index (χ4v) is 4.60. The van der Waals surface area contributed by atoms with E-state index in [1.165, 1.54) is 0 Å². The summed E-state index contributed by atoms with van der Waals surface area (Å²) in [5.74, 6) is 0.561. The highest BCUT2D eigenvalue weighted by molar-refractivity contribution is 5.90. The number of likely N-dealkylation sites (tertiary alicyclic amines) is 1. The molecule has 2 heterocycles. The predicted molar refractivity (Wildman–Crippen MR) is 114 cm³/mol. The summed E-state index contributed by atoms with van der Waals surface area (Å²) in [4.78, 5) is 41.7. The molecule has 2 unspecified atom stereocenters. The number of piperazine rings is 1. The summed E-state index contributed by atoms with van der Waals surface area (Å²) in [6.45, 7) is 13.0. The zero-order valence-electron chi connectivity index (χ0n) is 18.9. The molecule has 2 aliphatic rings. The van der Waals surface area contributed by atoms with Crippen molar-refractivity contribution in [3.05, 3.63) is 0 Å². The first kappa shape index (κ1) is 23.6. The van der Waals surface area contributed by atoms with Crippen LogP contribution in [-0.4, -0.2) is 65.8 Å². The lowest BCUT2D eigenvalue weighted by atomic mass is 9.77. The smallest absolute Gasteiger partial charge is 0.245 e. The molecule has 0 radical (unpaired) electrons. The number of carbonyl (C=O) groups is 3. The highest BCUT2D eigenvalue weighted by atomic mass is 16.2. The molecule has 0 spiro atoms. The van der Waals surface area contributed by atoms with Crippen molar-refractivity contribution in [3.8, 4) is 0 Å². The number of hydrogen-bond acceptors (Lipinski definition) is 4. The van der Waals surface area contributed by atoms with Crippen molar-refractivity contribution in [2.24, 2.45) is 23.0 Å². The average Bonchev–Trinajstić information content (AvgIpc) is 2.60. The largest absolute Gasteiger partial charge is 0.370 e. The first-order chi connectivity index (χ1) is 13.5. The number of piperidine rings is 1. The molecule has 0 aromatic rings. The Kier molecular flexibility index (Phi) is 8.09. The van der Waals surface area contributed by atoms with Crippen LogP contribution in [0.5, 0.6) is 0 Å². The lowest BCUT2D eigenvalue weighted by Gasteiger charge is -2.44. The average molecular weight is 409 g/mol. The van der Waals surface area contributed by atoms with Crippen molar-refractivity contribution in [2.45, 2.75) is 78.8 Å². The van der Waals surface area contributed by atoms with Crippen molar-refractivity contribution < 1.29 is 14.4 Å². The third kappa shape index (κ3) is 6.43. The maximum atomic E-state index is 13.5. The molecule has 2 saturated heterocycles. The van der Waals surface area contributed by atoms with E-state index in [0.717, 1.165) is 25.8 Å². The Balaban J connectivity index is 2.10. The van der Waals surface area contributed by atoms with Crippen LogP contribution in [-0.2, 0) is 14.4 Å². The Morgan fingerprint density at radius 3 is 2.28 bits per heavy atom. The summed E-state index contributed by atoms with van der Waals surface area (Å²) in [6.07, 6.45) is 3.35. The van der Waals surface area contributed by atoms with Gasteiger partial charge in [-0.2, -0.15) is 0 Å². The van der Waals surface area contributed by atoms with Gasteiger partial charge < -0.3 is 20.9 Å². The molecule has 29 heavy (non-hydrogen) atoms. The van der Waals surface area contributed by atoms with E-state index in [1.54, 1.807) is 0 Å². The molecule has 0 aromatic heterocycles. The summed E-state index contributed by atoms with van der Waals surface area (Å²) in [6, 6.07) is -0.605. The number of nitrogens with one attached hydrogen (secondary N) is 1. The van der Waals surface area contributed by atoms with Gasteiger partial charge in [-0.3, -0.25) is 14.4 Å². The van der Waals surface area contributed by atoms with Gasteiger partial charge in [0.15, 0.2) is 0 Å². The number of rotatable bonds is 8. The molecule has 2 atom stereocenters. The van der Waals surface area contributed by atoms with Gasteiger partial charge in [-0.1, -0.05) is 34.6 Å². The van der Waals surface area contributed by atoms with Crippen molar-refractivity contribution >= 4 is 17.7 Å². The molecule has 7 nitrogen and oxygen atoms in total. The minimum atomic E-state index is -0.403. The van der Waals surface area contributed by atoms with E-state index in [2.05, 4.69) is 39.9 Å². The molecule has 2 fully saturated rings. The van der Waals surface area contributed by atoms with Gasteiger partial charge in [-0.25, -0.2) is 0 Å². The Morgan fingerprint density at radius 1 is 1.14 bits per heavy atom. The van der Waals surface area contributed by atoms with Crippen molar-refractivity contribution in [3.63, 3.8) is 0 Å². The van der Waals surface area contributed by atoms with E-state index < -0.39 is 6.04 Å². The van der Waals surface area contributed by atoms with Gasteiger partial charge >= 0.3 is 0 Å². The van der Waals surface area contributed by atoms with E-state index >= 15 is 0 Å². The third-order valence-electron chi connectivity index (χ3n) is 6.27. The lowest BCUT2D eigenvalue weighted by Crippen LogP contribution is -2.62. The van der Waals surface area contributed by atoms with E-state index in [-0.39, 0.29) is 29.2 Å². The van der Waals surface area contributed by atoms with E-state index in [4.69, 9.17) is 5.73 Å². The zero-order valence-corrected chi connectivity index (χ0v) is 18.9. The second-order valence-electron chi connectivity index (χ2n) is 10.1. The summed E-state index contributed by atoms with van der Waals surface area (Å²) < 4.78 is 0. The molecule has 0 bridgehead atoms. The van der Waals surface area contributed by atoms with Crippen LogP contribution in [0, 0.1) is 17.3 Å². The number of nitrogens with zero attached hydrogens (tertiary/aromatic N) is 2. The van der Waals surface area contributed by atoms with Gasteiger partial charge in [0, 0.05) is 32.6 Å². The first-order valence-corrected chi connectivity index (χ1v) is 11.1. The molecule has 3 N–H and O–H groups in total. The highest BCUT2D eigenvalue weighted by Crippen LogP contribution is 2.34. The molecule has 7 heteroatoms. The van der Waals surface area contributed by atoms with Crippen LogP contribution in [0.3, 0.4) is 0 Å². The summed E-state index contributed by atoms with van der Waals surface area (Å²) in [5.41, 5.74) is 5.26. The Labute approximate surface area is 175 Å². The molecule has 0 aliphatic carbocycles. The van der Waals surface area contributed by atoms with Gasteiger partial charge in [-0.15, -0.1) is 0 Å². The monoisotopic (exact) mass is 408 g/mol. The SMILES string of the molecule is CC(C)CC1NCCN(C(CC(C)C)C(=O)N2CCC(C)(CC(N)=O)CC2)C1=O. The molecular weight excluding hydrogens is 368 g/mol. The fourth-order valence-electron chi connectivity index (χ4n) is 4.60. The van der Waals surface area contributed by atoms with Gasteiger partial charge in [-0.05, 0) is 42.9 Å². The summed E-state index contributed by atoms with van der Waals surface area (Å²) in [7, 11) is 0. The Morgan fingerprint density at radius 2 is 1.76 bits per heavy atom. The minimum Gasteiger partial charge on any atom is -0.370 e. The Hall–Kier alpha value is -1.63.